The minimum absolute atomic E-state index is 0.000249. The third kappa shape index (κ3) is 2.76. The van der Waals surface area contributed by atoms with Gasteiger partial charge in [-0.2, -0.15) is 5.10 Å². The summed E-state index contributed by atoms with van der Waals surface area (Å²) in [5, 5.41) is 6.31. The van der Waals surface area contributed by atoms with E-state index in [-0.39, 0.29) is 5.54 Å². The molecule has 0 amide bonds. The SMILES string of the molecule is CCCC1=NN(C(C)(C)C)N[C]=C1. The summed E-state index contributed by atoms with van der Waals surface area (Å²) in [6.45, 7) is 8.49. The van der Waals surface area contributed by atoms with Crippen LogP contribution in [0, 0.1) is 6.20 Å². The lowest BCUT2D eigenvalue weighted by molar-refractivity contribution is 0.0931. The molecule has 0 saturated heterocycles. The smallest absolute Gasteiger partial charge is 0.0827 e. The maximum atomic E-state index is 4.46. The second kappa shape index (κ2) is 3.81. The van der Waals surface area contributed by atoms with E-state index in [0.29, 0.717) is 0 Å². The topological polar surface area (TPSA) is 27.6 Å². The maximum absolute atomic E-state index is 4.46. The van der Waals surface area contributed by atoms with Crippen molar-refractivity contribution in [3.8, 4) is 0 Å². The molecule has 0 aromatic carbocycles. The molecule has 1 radical (unpaired) electrons. The van der Waals surface area contributed by atoms with Crippen molar-refractivity contribution in [3.63, 3.8) is 0 Å². The second-order valence-corrected chi connectivity index (χ2v) is 4.22. The lowest BCUT2D eigenvalue weighted by Gasteiger charge is -2.34. The fourth-order valence-electron chi connectivity index (χ4n) is 1.06. The number of hydrogen-bond donors (Lipinski definition) is 1. The number of hydrazone groups is 1. The Kier molecular flexibility index (Phi) is 2.96. The van der Waals surface area contributed by atoms with Gasteiger partial charge in [-0.25, -0.2) is 5.12 Å². The van der Waals surface area contributed by atoms with Crippen molar-refractivity contribution in [3.05, 3.63) is 12.3 Å². The fraction of sp³-hybridized carbons (Fsp3) is 0.700. The third-order valence-corrected chi connectivity index (χ3v) is 1.78. The predicted molar refractivity (Wildman–Crippen MR) is 54.9 cm³/mol. The largest absolute Gasteiger partial charge is 0.280 e. The van der Waals surface area contributed by atoms with E-state index >= 15 is 0 Å². The summed E-state index contributed by atoms with van der Waals surface area (Å²) in [5.74, 6) is 0. The van der Waals surface area contributed by atoms with Gasteiger partial charge in [-0.3, -0.25) is 5.43 Å². The van der Waals surface area contributed by atoms with Crippen LogP contribution >= 0.6 is 0 Å². The Morgan fingerprint density at radius 3 is 2.77 bits per heavy atom. The van der Waals surface area contributed by atoms with Crippen LogP contribution in [0.2, 0.25) is 0 Å². The van der Waals surface area contributed by atoms with E-state index in [1.807, 2.05) is 11.2 Å². The van der Waals surface area contributed by atoms with Gasteiger partial charge in [0.1, 0.15) is 0 Å². The number of allylic oxidation sites excluding steroid dienone is 1. The first-order chi connectivity index (χ1) is 6.04. The summed E-state index contributed by atoms with van der Waals surface area (Å²) in [6.07, 6.45) is 7.04. The average Bonchev–Trinajstić information content (AvgIpc) is 2.04. The number of nitrogens with zero attached hydrogens (tertiary/aromatic N) is 2. The molecule has 0 aliphatic carbocycles. The van der Waals surface area contributed by atoms with Crippen molar-refractivity contribution in [2.75, 3.05) is 0 Å². The molecule has 1 N–H and O–H groups in total. The summed E-state index contributed by atoms with van der Waals surface area (Å²) in [5.41, 5.74) is 4.08. The summed E-state index contributed by atoms with van der Waals surface area (Å²) >= 11 is 0. The first kappa shape index (κ1) is 10.1. The van der Waals surface area contributed by atoms with E-state index in [4.69, 9.17) is 0 Å². The van der Waals surface area contributed by atoms with Gasteiger partial charge in [0.05, 0.1) is 17.5 Å². The zero-order chi connectivity index (χ0) is 9.90. The van der Waals surface area contributed by atoms with Crippen LogP contribution in [0.4, 0.5) is 0 Å². The summed E-state index contributed by atoms with van der Waals surface area (Å²) < 4.78 is 0. The lowest BCUT2D eigenvalue weighted by Crippen LogP contribution is -2.46. The number of hydrogen-bond acceptors (Lipinski definition) is 3. The Hall–Kier alpha value is -0.990. The van der Waals surface area contributed by atoms with Crippen LogP contribution in [0.5, 0.6) is 0 Å². The molecule has 0 spiro atoms. The molecule has 1 heterocycles. The van der Waals surface area contributed by atoms with Crippen LogP contribution in [-0.2, 0) is 0 Å². The van der Waals surface area contributed by atoms with Gasteiger partial charge in [-0.1, -0.05) is 13.3 Å². The van der Waals surface area contributed by atoms with E-state index < -0.39 is 0 Å². The maximum Gasteiger partial charge on any atom is 0.0827 e. The highest BCUT2D eigenvalue weighted by Crippen LogP contribution is 2.13. The van der Waals surface area contributed by atoms with E-state index in [9.17, 15) is 0 Å². The van der Waals surface area contributed by atoms with Gasteiger partial charge in [0.25, 0.3) is 0 Å². The van der Waals surface area contributed by atoms with Gasteiger partial charge < -0.3 is 0 Å². The summed E-state index contributed by atoms with van der Waals surface area (Å²) in [7, 11) is 0. The predicted octanol–water partition coefficient (Wildman–Crippen LogP) is 2.08. The molecule has 1 rings (SSSR count). The summed E-state index contributed by atoms with van der Waals surface area (Å²) in [6, 6.07) is 0. The highest BCUT2D eigenvalue weighted by atomic mass is 15.7. The molecule has 13 heavy (non-hydrogen) atoms. The Morgan fingerprint density at radius 1 is 1.54 bits per heavy atom. The van der Waals surface area contributed by atoms with Crippen molar-refractivity contribution < 1.29 is 0 Å². The van der Waals surface area contributed by atoms with Gasteiger partial charge in [-0.05, 0) is 33.3 Å². The Labute approximate surface area is 80.5 Å². The molecule has 3 heteroatoms. The number of nitrogens with one attached hydrogen (secondary N) is 1. The molecule has 0 saturated carbocycles. The third-order valence-electron chi connectivity index (χ3n) is 1.78. The van der Waals surface area contributed by atoms with E-state index in [1.54, 1.807) is 0 Å². The highest BCUT2D eigenvalue weighted by molar-refractivity contribution is 5.94. The normalized spacial score (nSPS) is 16.9. The fourth-order valence-corrected chi connectivity index (χ4v) is 1.06. The van der Waals surface area contributed by atoms with Crippen molar-refractivity contribution in [1.82, 2.24) is 10.5 Å². The van der Waals surface area contributed by atoms with E-state index in [2.05, 4.69) is 44.4 Å². The molecule has 73 valence electrons. The van der Waals surface area contributed by atoms with Crippen LogP contribution in [0.3, 0.4) is 0 Å². The minimum atomic E-state index is 0.000249. The molecular weight excluding hydrogens is 162 g/mol. The van der Waals surface area contributed by atoms with Crippen LogP contribution in [0.1, 0.15) is 40.5 Å². The van der Waals surface area contributed by atoms with Gasteiger partial charge in [0.2, 0.25) is 0 Å². The number of hydrazine groups is 1. The first-order valence-electron chi connectivity index (χ1n) is 4.76. The Bertz CT molecular complexity index is 223. The Balaban J connectivity index is 2.67. The monoisotopic (exact) mass is 180 g/mol. The zero-order valence-corrected chi connectivity index (χ0v) is 8.89. The van der Waals surface area contributed by atoms with Gasteiger partial charge >= 0.3 is 0 Å². The molecule has 0 fully saturated rings. The summed E-state index contributed by atoms with van der Waals surface area (Å²) in [4.78, 5) is 0. The standard InChI is InChI=1S/C10H18N3/c1-5-6-9-7-8-11-13(12-9)10(2,3)4/h7,11H,5-6H2,1-4H3. The second-order valence-electron chi connectivity index (χ2n) is 4.22. The Morgan fingerprint density at radius 2 is 2.23 bits per heavy atom. The molecular formula is C10H18N3. The van der Waals surface area contributed by atoms with Crippen LogP contribution in [-0.4, -0.2) is 16.4 Å². The molecule has 0 atom stereocenters. The van der Waals surface area contributed by atoms with Crippen molar-refractivity contribution in [2.24, 2.45) is 5.10 Å². The molecule has 0 unspecified atom stereocenters. The molecule has 0 aromatic rings. The minimum Gasteiger partial charge on any atom is -0.280 e. The van der Waals surface area contributed by atoms with Crippen LogP contribution in [0.25, 0.3) is 0 Å². The average molecular weight is 180 g/mol. The first-order valence-corrected chi connectivity index (χ1v) is 4.76. The molecule has 0 bridgehead atoms. The van der Waals surface area contributed by atoms with Crippen molar-refractivity contribution in [1.29, 1.82) is 0 Å². The van der Waals surface area contributed by atoms with E-state index in [0.717, 1.165) is 18.6 Å². The molecule has 0 aromatic heterocycles. The molecule has 1 aliphatic rings. The lowest BCUT2D eigenvalue weighted by atomic mass is 10.1. The van der Waals surface area contributed by atoms with Gasteiger partial charge in [0.15, 0.2) is 0 Å². The van der Waals surface area contributed by atoms with Gasteiger partial charge in [0, 0.05) is 0 Å². The van der Waals surface area contributed by atoms with Gasteiger partial charge in [-0.15, -0.1) is 0 Å². The quantitative estimate of drug-likeness (QED) is 0.704. The van der Waals surface area contributed by atoms with Crippen LogP contribution in [0.15, 0.2) is 11.2 Å². The molecule has 3 nitrogen and oxygen atoms in total. The highest BCUT2D eigenvalue weighted by Gasteiger charge is 2.20. The number of rotatable bonds is 2. The molecule has 1 aliphatic heterocycles. The van der Waals surface area contributed by atoms with E-state index in [1.165, 1.54) is 0 Å². The van der Waals surface area contributed by atoms with Crippen molar-refractivity contribution in [2.45, 2.75) is 46.1 Å². The van der Waals surface area contributed by atoms with Crippen molar-refractivity contribution >= 4 is 5.71 Å². The van der Waals surface area contributed by atoms with Crippen LogP contribution < -0.4 is 5.43 Å². The zero-order valence-electron chi connectivity index (χ0n) is 8.89.